The minimum Gasteiger partial charge on any atom is -0.507 e. The van der Waals surface area contributed by atoms with Gasteiger partial charge in [-0.15, -0.1) is 0 Å². The fraction of sp³-hybridized carbons (Fsp3) is 0. The van der Waals surface area contributed by atoms with Crippen molar-refractivity contribution in [2.24, 2.45) is 0 Å². The Hall–Kier alpha value is -1.91. The summed E-state index contributed by atoms with van der Waals surface area (Å²) in [5.74, 6) is -3.46. The Balaban J connectivity index is 3.39. The fourth-order valence-corrected chi connectivity index (χ4v) is 0.892. The van der Waals surface area contributed by atoms with Crippen LogP contribution in [0.2, 0.25) is 0 Å². The summed E-state index contributed by atoms with van der Waals surface area (Å²) in [5.41, 5.74) is -0.939. The number of carbonyl (C=O) groups excluding carboxylic acids is 1. The van der Waals surface area contributed by atoms with Crippen LogP contribution in [0, 0.1) is 5.82 Å². The van der Waals surface area contributed by atoms with Crippen LogP contribution >= 0.6 is 0 Å². The molecule has 1 aromatic rings. The smallest absolute Gasteiger partial charge is 0.342 e. The molecule has 0 aromatic heterocycles. The van der Waals surface area contributed by atoms with Crippen molar-refractivity contribution >= 4 is 12.3 Å². The minimum atomic E-state index is -1.58. The van der Waals surface area contributed by atoms with Gasteiger partial charge in [0.15, 0.2) is 0 Å². The van der Waals surface area contributed by atoms with Crippen molar-refractivity contribution in [3.05, 3.63) is 29.1 Å². The monoisotopic (exact) mass is 184 g/mol. The van der Waals surface area contributed by atoms with Gasteiger partial charge in [0, 0.05) is 5.56 Å². The van der Waals surface area contributed by atoms with Crippen molar-refractivity contribution in [1.82, 2.24) is 0 Å². The zero-order valence-electron chi connectivity index (χ0n) is 6.32. The Morgan fingerprint density at radius 1 is 1.46 bits per heavy atom. The largest absolute Gasteiger partial charge is 0.507 e. The lowest BCUT2D eigenvalue weighted by Crippen LogP contribution is -2.01. The molecule has 4 nitrogen and oxygen atoms in total. The van der Waals surface area contributed by atoms with E-state index >= 15 is 0 Å². The van der Waals surface area contributed by atoms with Crippen molar-refractivity contribution in [1.29, 1.82) is 0 Å². The molecule has 5 heteroatoms. The van der Waals surface area contributed by atoms with Crippen LogP contribution in [0.4, 0.5) is 4.39 Å². The molecule has 0 aliphatic rings. The summed E-state index contributed by atoms with van der Waals surface area (Å²) in [7, 11) is 0. The number of rotatable bonds is 2. The first-order valence-corrected chi connectivity index (χ1v) is 3.27. The lowest BCUT2D eigenvalue weighted by atomic mass is 10.1. The van der Waals surface area contributed by atoms with Gasteiger partial charge >= 0.3 is 5.97 Å². The maximum atomic E-state index is 12.8. The molecule has 0 aliphatic carbocycles. The zero-order valence-corrected chi connectivity index (χ0v) is 6.32. The molecule has 0 amide bonds. The van der Waals surface area contributed by atoms with Crippen LogP contribution in [0.25, 0.3) is 0 Å². The Morgan fingerprint density at radius 3 is 2.46 bits per heavy atom. The molecule has 1 aromatic carbocycles. The molecule has 0 saturated heterocycles. The number of aromatic hydroxyl groups is 1. The third-order valence-electron chi connectivity index (χ3n) is 1.44. The van der Waals surface area contributed by atoms with Gasteiger partial charge in [0.25, 0.3) is 0 Å². The van der Waals surface area contributed by atoms with Gasteiger partial charge in [-0.1, -0.05) is 0 Å². The zero-order chi connectivity index (χ0) is 10.0. The maximum absolute atomic E-state index is 12.8. The van der Waals surface area contributed by atoms with Crippen LogP contribution in [0.15, 0.2) is 12.1 Å². The van der Waals surface area contributed by atoms with E-state index in [1.54, 1.807) is 0 Å². The number of carboxylic acid groups (broad SMARTS) is 1. The fourth-order valence-electron chi connectivity index (χ4n) is 0.892. The predicted octanol–water partition coefficient (Wildman–Crippen LogP) is 1.04. The number of aromatic carboxylic acids is 1. The maximum Gasteiger partial charge on any atom is 0.342 e. The first-order chi connectivity index (χ1) is 6.06. The quantitative estimate of drug-likeness (QED) is 0.673. The summed E-state index contributed by atoms with van der Waals surface area (Å²) < 4.78 is 12.8. The average Bonchev–Trinajstić information content (AvgIpc) is 2.02. The second-order valence-electron chi connectivity index (χ2n) is 2.32. The van der Waals surface area contributed by atoms with Crippen molar-refractivity contribution in [3.8, 4) is 5.75 Å². The van der Waals surface area contributed by atoms with Crippen LogP contribution in [0.3, 0.4) is 0 Å². The van der Waals surface area contributed by atoms with Crippen LogP contribution in [0.5, 0.6) is 5.75 Å². The highest BCUT2D eigenvalue weighted by atomic mass is 19.1. The van der Waals surface area contributed by atoms with Crippen molar-refractivity contribution < 1.29 is 24.2 Å². The SMILES string of the molecule is O=Cc1cc(O)c(C(=O)O)c(F)c1. The molecule has 0 fully saturated rings. The van der Waals surface area contributed by atoms with E-state index in [2.05, 4.69) is 0 Å². The number of hydrogen-bond donors (Lipinski definition) is 2. The Bertz CT molecular complexity index is 349. The Labute approximate surface area is 72.2 Å². The average molecular weight is 184 g/mol. The van der Waals surface area contributed by atoms with Gasteiger partial charge in [-0.25, -0.2) is 9.18 Å². The number of aldehydes is 1. The third-order valence-corrected chi connectivity index (χ3v) is 1.44. The Morgan fingerprint density at radius 2 is 2.08 bits per heavy atom. The number of benzene rings is 1. The van der Waals surface area contributed by atoms with Crippen LogP contribution in [0.1, 0.15) is 20.7 Å². The highest BCUT2D eigenvalue weighted by Gasteiger charge is 2.16. The standard InChI is InChI=1S/C8H5FO4/c9-5-1-4(3-10)2-6(11)7(5)8(12)13/h1-3,11H,(H,12,13). The molecule has 0 atom stereocenters. The second kappa shape index (κ2) is 3.22. The molecule has 0 aliphatic heterocycles. The van der Waals surface area contributed by atoms with E-state index < -0.39 is 23.1 Å². The van der Waals surface area contributed by atoms with Crippen LogP contribution in [-0.4, -0.2) is 22.5 Å². The van der Waals surface area contributed by atoms with E-state index in [1.165, 1.54) is 0 Å². The number of phenols is 1. The van der Waals surface area contributed by atoms with Crippen molar-refractivity contribution in [2.75, 3.05) is 0 Å². The van der Waals surface area contributed by atoms with E-state index in [0.29, 0.717) is 6.29 Å². The van der Waals surface area contributed by atoms with Crippen molar-refractivity contribution in [2.45, 2.75) is 0 Å². The molecule has 0 spiro atoms. The second-order valence-corrected chi connectivity index (χ2v) is 2.32. The van der Waals surface area contributed by atoms with E-state index in [1.807, 2.05) is 0 Å². The summed E-state index contributed by atoms with van der Waals surface area (Å²) in [6, 6.07) is 1.63. The van der Waals surface area contributed by atoms with Gasteiger partial charge in [0.1, 0.15) is 23.4 Å². The number of carbonyl (C=O) groups is 2. The summed E-state index contributed by atoms with van der Waals surface area (Å²) in [4.78, 5) is 20.5. The van der Waals surface area contributed by atoms with Crippen LogP contribution < -0.4 is 0 Å². The van der Waals surface area contributed by atoms with Gasteiger partial charge in [0.2, 0.25) is 0 Å². The van der Waals surface area contributed by atoms with Gasteiger partial charge in [-0.05, 0) is 12.1 Å². The highest BCUT2D eigenvalue weighted by Crippen LogP contribution is 2.21. The first-order valence-electron chi connectivity index (χ1n) is 3.27. The number of halogens is 1. The lowest BCUT2D eigenvalue weighted by Gasteiger charge is -2.01. The molecule has 0 unspecified atom stereocenters. The van der Waals surface area contributed by atoms with Gasteiger partial charge in [-0.2, -0.15) is 0 Å². The van der Waals surface area contributed by atoms with Gasteiger partial charge in [-0.3, -0.25) is 4.79 Å². The molecule has 68 valence electrons. The van der Waals surface area contributed by atoms with E-state index in [4.69, 9.17) is 10.2 Å². The highest BCUT2D eigenvalue weighted by molar-refractivity contribution is 5.92. The topological polar surface area (TPSA) is 74.6 Å². The molecule has 13 heavy (non-hydrogen) atoms. The van der Waals surface area contributed by atoms with Gasteiger partial charge < -0.3 is 10.2 Å². The molecule has 0 heterocycles. The summed E-state index contributed by atoms with van der Waals surface area (Å²) >= 11 is 0. The first kappa shape index (κ1) is 9.18. The predicted molar refractivity (Wildman–Crippen MR) is 40.4 cm³/mol. The van der Waals surface area contributed by atoms with Gasteiger partial charge in [0.05, 0.1) is 0 Å². The van der Waals surface area contributed by atoms with E-state index in [0.717, 1.165) is 12.1 Å². The summed E-state index contributed by atoms with van der Waals surface area (Å²) in [5, 5.41) is 17.4. The Kier molecular flexibility index (Phi) is 2.27. The third kappa shape index (κ3) is 1.64. The van der Waals surface area contributed by atoms with Crippen LogP contribution in [-0.2, 0) is 0 Å². The molecule has 0 saturated carbocycles. The molecule has 0 radical (unpaired) electrons. The van der Waals surface area contributed by atoms with E-state index in [9.17, 15) is 14.0 Å². The molecule has 0 bridgehead atoms. The van der Waals surface area contributed by atoms with Crippen molar-refractivity contribution in [3.63, 3.8) is 0 Å². The molecule has 1 rings (SSSR count). The number of carboxylic acids is 1. The lowest BCUT2D eigenvalue weighted by molar-refractivity contribution is 0.0688. The molecule has 2 N–H and O–H groups in total. The normalized spacial score (nSPS) is 9.62. The summed E-state index contributed by atoms with van der Waals surface area (Å²) in [6.45, 7) is 0. The summed E-state index contributed by atoms with van der Waals surface area (Å²) in [6.07, 6.45) is 0.314. The molecular formula is C8H5FO4. The van der Waals surface area contributed by atoms with E-state index in [-0.39, 0.29) is 5.56 Å². The molecular weight excluding hydrogens is 179 g/mol. The minimum absolute atomic E-state index is 0.111. The number of hydrogen-bond acceptors (Lipinski definition) is 3.